The first kappa shape index (κ1) is 13.3. The standard InChI is InChI=1S/C13H20N6O/c20-9-11-8-19(18-17-11)13-4-2-1-3-12(13)14-7-10-5-6-15-16-10/h5-6,8,12-14,20H,1-4,7,9H2,(H,15,16)/t12-,13+/m0/s1. The number of hydrogen-bond acceptors (Lipinski definition) is 5. The fourth-order valence-corrected chi connectivity index (χ4v) is 2.84. The first-order chi connectivity index (χ1) is 9.86. The van der Waals surface area contributed by atoms with Crippen molar-refractivity contribution in [1.29, 1.82) is 0 Å². The lowest BCUT2D eigenvalue weighted by Gasteiger charge is -2.32. The molecule has 1 saturated carbocycles. The fourth-order valence-electron chi connectivity index (χ4n) is 2.84. The van der Waals surface area contributed by atoms with Crippen molar-refractivity contribution in [1.82, 2.24) is 30.5 Å². The van der Waals surface area contributed by atoms with Crippen molar-refractivity contribution in [3.63, 3.8) is 0 Å². The number of nitrogens with one attached hydrogen (secondary N) is 2. The molecule has 0 aliphatic heterocycles. The zero-order valence-corrected chi connectivity index (χ0v) is 11.4. The minimum absolute atomic E-state index is 0.0566. The molecule has 3 N–H and O–H groups in total. The van der Waals surface area contributed by atoms with Crippen molar-refractivity contribution in [2.75, 3.05) is 0 Å². The summed E-state index contributed by atoms with van der Waals surface area (Å²) in [6.07, 6.45) is 8.28. The molecule has 2 atom stereocenters. The maximum Gasteiger partial charge on any atom is 0.108 e. The predicted octanol–water partition coefficient (Wildman–Crippen LogP) is 0.767. The van der Waals surface area contributed by atoms with Gasteiger partial charge in [0.2, 0.25) is 0 Å². The maximum atomic E-state index is 9.10. The summed E-state index contributed by atoms with van der Waals surface area (Å²) in [5.41, 5.74) is 1.71. The van der Waals surface area contributed by atoms with Crippen LogP contribution in [-0.2, 0) is 13.2 Å². The van der Waals surface area contributed by atoms with E-state index in [1.54, 1.807) is 6.20 Å². The van der Waals surface area contributed by atoms with Crippen LogP contribution < -0.4 is 5.32 Å². The van der Waals surface area contributed by atoms with Crippen LogP contribution in [-0.4, -0.2) is 36.3 Å². The van der Waals surface area contributed by atoms with E-state index in [-0.39, 0.29) is 6.61 Å². The van der Waals surface area contributed by atoms with Crippen LogP contribution in [0.1, 0.15) is 43.1 Å². The zero-order valence-electron chi connectivity index (χ0n) is 11.4. The van der Waals surface area contributed by atoms with Crippen molar-refractivity contribution in [3.05, 3.63) is 29.8 Å². The molecule has 0 amide bonds. The zero-order chi connectivity index (χ0) is 13.8. The number of aromatic amines is 1. The molecule has 3 rings (SSSR count). The molecule has 0 radical (unpaired) electrons. The van der Waals surface area contributed by atoms with Gasteiger partial charge in [-0.15, -0.1) is 5.10 Å². The lowest BCUT2D eigenvalue weighted by Crippen LogP contribution is -2.39. The molecule has 1 aliphatic carbocycles. The molecular formula is C13H20N6O. The van der Waals surface area contributed by atoms with Gasteiger partial charge in [0.15, 0.2) is 0 Å². The van der Waals surface area contributed by atoms with Crippen molar-refractivity contribution < 1.29 is 5.11 Å². The Bertz CT molecular complexity index is 523. The molecule has 108 valence electrons. The first-order valence-electron chi connectivity index (χ1n) is 7.10. The summed E-state index contributed by atoms with van der Waals surface area (Å²) >= 11 is 0. The number of nitrogens with zero attached hydrogens (tertiary/aromatic N) is 4. The van der Waals surface area contributed by atoms with Crippen LogP contribution in [0.15, 0.2) is 18.5 Å². The number of H-pyrrole nitrogens is 1. The van der Waals surface area contributed by atoms with E-state index in [1.165, 1.54) is 12.8 Å². The van der Waals surface area contributed by atoms with Gasteiger partial charge in [0.25, 0.3) is 0 Å². The third-order valence-electron chi connectivity index (χ3n) is 3.90. The average Bonchev–Trinajstić information content (AvgIpc) is 3.16. The Kier molecular flexibility index (Phi) is 4.08. The van der Waals surface area contributed by atoms with E-state index >= 15 is 0 Å². The Balaban J connectivity index is 1.67. The van der Waals surface area contributed by atoms with Gasteiger partial charge < -0.3 is 10.4 Å². The Labute approximate surface area is 117 Å². The minimum atomic E-state index is -0.0566. The molecule has 0 aromatic carbocycles. The van der Waals surface area contributed by atoms with E-state index in [2.05, 4.69) is 25.8 Å². The molecule has 7 nitrogen and oxygen atoms in total. The maximum absolute atomic E-state index is 9.10. The fraction of sp³-hybridized carbons (Fsp3) is 0.615. The van der Waals surface area contributed by atoms with E-state index < -0.39 is 0 Å². The summed E-state index contributed by atoms with van der Waals surface area (Å²) in [5, 5.41) is 27.7. The van der Waals surface area contributed by atoms with Gasteiger partial charge in [0.05, 0.1) is 18.8 Å². The van der Waals surface area contributed by atoms with Crippen LogP contribution in [0.25, 0.3) is 0 Å². The van der Waals surface area contributed by atoms with Crippen molar-refractivity contribution >= 4 is 0 Å². The van der Waals surface area contributed by atoms with Gasteiger partial charge >= 0.3 is 0 Å². The highest BCUT2D eigenvalue weighted by atomic mass is 16.3. The highest BCUT2D eigenvalue weighted by Gasteiger charge is 2.27. The molecule has 0 spiro atoms. The lowest BCUT2D eigenvalue weighted by molar-refractivity contribution is 0.242. The summed E-state index contributed by atoms with van der Waals surface area (Å²) in [7, 11) is 0. The van der Waals surface area contributed by atoms with E-state index in [0.717, 1.165) is 25.1 Å². The van der Waals surface area contributed by atoms with Crippen molar-refractivity contribution in [3.8, 4) is 0 Å². The third kappa shape index (κ3) is 2.88. The van der Waals surface area contributed by atoms with Gasteiger partial charge in [-0.05, 0) is 18.9 Å². The van der Waals surface area contributed by atoms with E-state index in [0.29, 0.717) is 17.8 Å². The van der Waals surface area contributed by atoms with Gasteiger partial charge in [0, 0.05) is 24.5 Å². The number of aliphatic hydroxyl groups is 1. The normalized spacial score (nSPS) is 23.1. The van der Waals surface area contributed by atoms with Crippen LogP contribution in [0.2, 0.25) is 0 Å². The van der Waals surface area contributed by atoms with Gasteiger partial charge in [-0.3, -0.25) is 5.10 Å². The highest BCUT2D eigenvalue weighted by Crippen LogP contribution is 2.28. The van der Waals surface area contributed by atoms with Gasteiger partial charge in [-0.1, -0.05) is 18.1 Å². The van der Waals surface area contributed by atoms with Gasteiger partial charge in [0.1, 0.15) is 5.69 Å². The third-order valence-corrected chi connectivity index (χ3v) is 3.90. The van der Waals surface area contributed by atoms with Crippen LogP contribution in [0.4, 0.5) is 0 Å². The smallest absolute Gasteiger partial charge is 0.108 e. The topological polar surface area (TPSA) is 91.7 Å². The molecule has 1 aliphatic rings. The molecule has 20 heavy (non-hydrogen) atoms. The van der Waals surface area contributed by atoms with Crippen molar-refractivity contribution in [2.45, 2.75) is 50.9 Å². The minimum Gasteiger partial charge on any atom is -0.390 e. The summed E-state index contributed by atoms with van der Waals surface area (Å²) < 4.78 is 1.90. The summed E-state index contributed by atoms with van der Waals surface area (Å²) in [6.45, 7) is 0.724. The largest absolute Gasteiger partial charge is 0.390 e. The molecule has 2 aromatic rings. The predicted molar refractivity (Wildman–Crippen MR) is 72.7 cm³/mol. The molecule has 2 heterocycles. The number of aliphatic hydroxyl groups excluding tert-OH is 1. The molecular weight excluding hydrogens is 256 g/mol. The molecule has 0 bridgehead atoms. The van der Waals surface area contributed by atoms with Crippen LogP contribution in [0.5, 0.6) is 0 Å². The average molecular weight is 276 g/mol. The monoisotopic (exact) mass is 276 g/mol. The van der Waals surface area contributed by atoms with Gasteiger partial charge in [-0.2, -0.15) is 5.10 Å². The molecule has 1 fully saturated rings. The Morgan fingerprint density at radius 1 is 1.40 bits per heavy atom. The summed E-state index contributed by atoms with van der Waals surface area (Å²) in [6, 6.07) is 2.66. The van der Waals surface area contributed by atoms with Gasteiger partial charge in [-0.25, -0.2) is 4.68 Å². The summed E-state index contributed by atoms with van der Waals surface area (Å²) in [5.74, 6) is 0. The number of hydrogen-bond donors (Lipinski definition) is 3. The lowest BCUT2D eigenvalue weighted by atomic mass is 9.90. The Morgan fingerprint density at radius 3 is 3.05 bits per heavy atom. The quantitative estimate of drug-likeness (QED) is 0.750. The molecule has 0 saturated heterocycles. The molecule has 7 heteroatoms. The SMILES string of the molecule is OCc1cn([C@@H]2CCCC[C@@H]2NCc2ccn[nH]2)nn1. The summed E-state index contributed by atoms with van der Waals surface area (Å²) in [4.78, 5) is 0. The highest BCUT2D eigenvalue weighted by molar-refractivity contribution is 4.99. The van der Waals surface area contributed by atoms with Crippen LogP contribution in [0, 0.1) is 0 Å². The van der Waals surface area contributed by atoms with Crippen molar-refractivity contribution in [2.24, 2.45) is 0 Å². The second-order valence-corrected chi connectivity index (χ2v) is 5.27. The van der Waals surface area contributed by atoms with Crippen LogP contribution in [0.3, 0.4) is 0 Å². The van der Waals surface area contributed by atoms with Crippen LogP contribution >= 0.6 is 0 Å². The second-order valence-electron chi connectivity index (χ2n) is 5.27. The Morgan fingerprint density at radius 2 is 2.30 bits per heavy atom. The van der Waals surface area contributed by atoms with E-state index in [4.69, 9.17) is 5.11 Å². The number of rotatable bonds is 5. The Hall–Kier alpha value is -1.73. The second kappa shape index (κ2) is 6.15. The van der Waals surface area contributed by atoms with E-state index in [1.807, 2.05) is 16.9 Å². The first-order valence-corrected chi connectivity index (χ1v) is 7.10. The molecule has 2 aromatic heterocycles. The number of aromatic nitrogens is 5. The molecule has 0 unspecified atom stereocenters. The van der Waals surface area contributed by atoms with E-state index in [9.17, 15) is 0 Å².